The van der Waals surface area contributed by atoms with Gasteiger partial charge in [0.15, 0.2) is 0 Å². The Morgan fingerprint density at radius 3 is 2.65 bits per heavy atom. The average molecular weight is 228 g/mol. The Bertz CT molecular complexity index is 618. The van der Waals surface area contributed by atoms with E-state index in [2.05, 4.69) is 22.6 Å². The van der Waals surface area contributed by atoms with Crippen LogP contribution in [0.5, 0.6) is 0 Å². The largest absolute Gasteiger partial charge is 0.353 e. The Morgan fingerprint density at radius 1 is 1.35 bits per heavy atom. The van der Waals surface area contributed by atoms with Gasteiger partial charge in [-0.05, 0) is 26.0 Å². The summed E-state index contributed by atoms with van der Waals surface area (Å²) in [6.45, 7) is 11.8. The number of nitrogens with one attached hydrogen (secondary N) is 1. The summed E-state index contributed by atoms with van der Waals surface area (Å²) in [6.07, 6.45) is 7.72. The fourth-order valence-corrected chi connectivity index (χ4v) is 1.86. The molecule has 90 valence electrons. The van der Waals surface area contributed by atoms with Crippen molar-refractivity contribution in [2.24, 2.45) is 0 Å². The highest BCUT2D eigenvalue weighted by Gasteiger charge is 2.01. The zero-order valence-corrected chi connectivity index (χ0v) is 11.0. The van der Waals surface area contributed by atoms with E-state index < -0.39 is 0 Å². The van der Waals surface area contributed by atoms with Gasteiger partial charge in [0.1, 0.15) is 0 Å². The Kier molecular flexibility index (Phi) is 4.70. The first kappa shape index (κ1) is 13.2. The number of nitrogens with zero attached hydrogens (tertiary/aromatic N) is 1. The van der Waals surface area contributed by atoms with Gasteiger partial charge < -0.3 is 4.98 Å². The predicted octanol–water partition coefficient (Wildman–Crippen LogP) is 2.66. The van der Waals surface area contributed by atoms with Gasteiger partial charge in [-0.25, -0.2) is 0 Å². The Labute approximate surface area is 102 Å². The number of rotatable bonds is 1. The number of H-pyrrole nitrogens is 1. The molecule has 0 amide bonds. The van der Waals surface area contributed by atoms with Gasteiger partial charge in [0, 0.05) is 22.2 Å². The summed E-state index contributed by atoms with van der Waals surface area (Å²) < 4.78 is 0. The molecule has 0 fully saturated rings. The fraction of sp³-hybridized carbons (Fsp3) is 0.267. The molecule has 2 aromatic rings. The van der Waals surface area contributed by atoms with Gasteiger partial charge >= 0.3 is 0 Å². The van der Waals surface area contributed by atoms with Gasteiger partial charge in [0.05, 0.1) is 11.2 Å². The van der Waals surface area contributed by atoms with E-state index in [1.54, 1.807) is 6.08 Å². The summed E-state index contributed by atoms with van der Waals surface area (Å²) in [7, 11) is 0. The number of hydrogen-bond acceptors (Lipinski definition) is 1. The van der Waals surface area contributed by atoms with Crippen molar-refractivity contribution in [2.75, 3.05) is 0 Å². The van der Waals surface area contributed by atoms with Crippen molar-refractivity contribution in [3.8, 4) is 0 Å². The molecule has 2 aromatic heterocycles. The summed E-state index contributed by atoms with van der Waals surface area (Å²) in [5.74, 6) is 0. The molecule has 2 nitrogen and oxygen atoms in total. The summed E-state index contributed by atoms with van der Waals surface area (Å²) >= 11 is 0. The highest BCUT2D eigenvalue weighted by Crippen LogP contribution is 2.07. The molecule has 2 heterocycles. The number of fused-ring (bicyclic) bond motifs is 1. The van der Waals surface area contributed by atoms with Crippen LogP contribution in [-0.2, 0) is 0 Å². The third kappa shape index (κ3) is 2.47. The average Bonchev–Trinajstić information content (AvgIpc) is 2.71. The summed E-state index contributed by atoms with van der Waals surface area (Å²) in [6, 6.07) is 2.04. The molecule has 0 atom stereocenters. The minimum Gasteiger partial charge on any atom is -0.353 e. The van der Waals surface area contributed by atoms with Crippen LogP contribution in [0.3, 0.4) is 0 Å². The third-order valence-electron chi connectivity index (χ3n) is 2.55. The molecule has 0 aliphatic carbocycles. The van der Waals surface area contributed by atoms with Crippen molar-refractivity contribution in [3.05, 3.63) is 41.2 Å². The molecule has 0 spiro atoms. The Morgan fingerprint density at radius 2 is 2.06 bits per heavy atom. The van der Waals surface area contributed by atoms with Gasteiger partial charge in [-0.15, -0.1) is 0 Å². The second-order valence-electron chi connectivity index (χ2n) is 3.46. The minimum atomic E-state index is 1.03. The molecule has 0 saturated heterocycles. The van der Waals surface area contributed by atoms with Crippen LogP contribution in [0.25, 0.3) is 23.1 Å². The van der Waals surface area contributed by atoms with Crippen LogP contribution >= 0.6 is 0 Å². The normalized spacial score (nSPS) is 12.5. The number of aromatic nitrogens is 2. The molecule has 0 unspecified atom stereocenters. The van der Waals surface area contributed by atoms with E-state index in [-0.39, 0.29) is 0 Å². The minimum absolute atomic E-state index is 1.03. The molecular weight excluding hydrogens is 208 g/mol. The second kappa shape index (κ2) is 6.04. The van der Waals surface area contributed by atoms with Crippen LogP contribution in [0.1, 0.15) is 26.5 Å². The molecule has 0 radical (unpaired) electrons. The van der Waals surface area contributed by atoms with Gasteiger partial charge in [0.2, 0.25) is 0 Å². The topological polar surface area (TPSA) is 28.7 Å². The van der Waals surface area contributed by atoms with Crippen LogP contribution in [0, 0.1) is 6.92 Å². The molecule has 0 aromatic carbocycles. The molecule has 0 saturated carbocycles. The Balaban J connectivity index is 0.000000686. The van der Waals surface area contributed by atoms with E-state index in [0.717, 1.165) is 16.6 Å². The van der Waals surface area contributed by atoms with Crippen molar-refractivity contribution >= 4 is 23.1 Å². The van der Waals surface area contributed by atoms with Crippen LogP contribution in [-0.4, -0.2) is 9.97 Å². The quantitative estimate of drug-likeness (QED) is 0.798. The van der Waals surface area contributed by atoms with E-state index in [1.165, 1.54) is 10.6 Å². The van der Waals surface area contributed by atoms with E-state index in [1.807, 2.05) is 46.0 Å². The fourth-order valence-electron chi connectivity index (χ4n) is 1.86. The lowest BCUT2D eigenvalue weighted by Crippen LogP contribution is -2.21. The highest BCUT2D eigenvalue weighted by molar-refractivity contribution is 5.82. The monoisotopic (exact) mass is 228 g/mol. The summed E-state index contributed by atoms with van der Waals surface area (Å²) in [5.41, 5.74) is 2.14. The lowest BCUT2D eigenvalue weighted by atomic mass is 10.2. The molecule has 0 aliphatic heterocycles. The van der Waals surface area contributed by atoms with Gasteiger partial charge in [-0.3, -0.25) is 4.98 Å². The molecule has 2 rings (SSSR count). The second-order valence-corrected chi connectivity index (χ2v) is 3.46. The first-order chi connectivity index (χ1) is 8.27. The maximum absolute atomic E-state index is 4.27. The van der Waals surface area contributed by atoms with Crippen LogP contribution < -0.4 is 10.6 Å². The summed E-state index contributed by atoms with van der Waals surface area (Å²) in [4.78, 5) is 7.64. The van der Waals surface area contributed by atoms with Gasteiger partial charge in [0.25, 0.3) is 0 Å². The smallest absolute Gasteiger partial charge is 0.0680 e. The molecule has 1 N–H and O–H groups in total. The van der Waals surface area contributed by atoms with Crippen molar-refractivity contribution in [1.29, 1.82) is 0 Å². The van der Waals surface area contributed by atoms with Crippen LogP contribution in [0.4, 0.5) is 0 Å². The maximum Gasteiger partial charge on any atom is 0.0680 e. The zero-order chi connectivity index (χ0) is 12.8. The number of hydrogen-bond donors (Lipinski definition) is 1. The number of aryl methyl sites for hydroxylation is 1. The SMILES string of the molecule is C=C/C=c1/[nH]c2c(C)nccc2/c1=C/C.CC. The van der Waals surface area contributed by atoms with E-state index in [4.69, 9.17) is 0 Å². The van der Waals surface area contributed by atoms with Gasteiger partial charge in [-0.1, -0.05) is 32.6 Å². The van der Waals surface area contributed by atoms with Crippen LogP contribution in [0.15, 0.2) is 24.9 Å². The molecule has 0 aliphatic rings. The van der Waals surface area contributed by atoms with Crippen molar-refractivity contribution in [2.45, 2.75) is 27.7 Å². The standard InChI is InChI=1S/C13H14N2.C2H6/c1-4-6-12-10(5-2)11-7-8-14-9(3)13(11)15-12;1-2/h4-8,15H,1H2,2-3H3;1-2H3/b10-5-,12-6+;. The van der Waals surface area contributed by atoms with Crippen molar-refractivity contribution < 1.29 is 0 Å². The van der Waals surface area contributed by atoms with Crippen molar-refractivity contribution in [3.63, 3.8) is 0 Å². The highest BCUT2D eigenvalue weighted by atomic mass is 14.8. The lowest BCUT2D eigenvalue weighted by Gasteiger charge is -1.92. The van der Waals surface area contributed by atoms with E-state index >= 15 is 0 Å². The van der Waals surface area contributed by atoms with Crippen molar-refractivity contribution in [1.82, 2.24) is 9.97 Å². The molecular formula is C15H20N2. The molecule has 17 heavy (non-hydrogen) atoms. The number of pyridine rings is 1. The molecule has 0 bridgehead atoms. The lowest BCUT2D eigenvalue weighted by molar-refractivity contribution is 1.21. The predicted molar refractivity (Wildman–Crippen MR) is 76.2 cm³/mol. The molecule has 2 heteroatoms. The van der Waals surface area contributed by atoms with Gasteiger partial charge in [-0.2, -0.15) is 0 Å². The summed E-state index contributed by atoms with van der Waals surface area (Å²) in [5, 5.41) is 3.53. The number of allylic oxidation sites excluding steroid dienone is 1. The van der Waals surface area contributed by atoms with Crippen LogP contribution in [0.2, 0.25) is 0 Å². The first-order valence-electron chi connectivity index (χ1n) is 6.00. The maximum atomic E-state index is 4.27. The van der Waals surface area contributed by atoms with E-state index in [0.29, 0.717) is 0 Å². The van der Waals surface area contributed by atoms with E-state index in [9.17, 15) is 0 Å². The first-order valence-corrected chi connectivity index (χ1v) is 6.00. The zero-order valence-electron chi connectivity index (χ0n) is 11.0. The number of aromatic amines is 1. The Hall–Kier alpha value is -1.83. The third-order valence-corrected chi connectivity index (χ3v) is 2.55.